The van der Waals surface area contributed by atoms with Crippen molar-refractivity contribution in [2.24, 2.45) is 12.8 Å². The van der Waals surface area contributed by atoms with Crippen LogP contribution in [0.5, 0.6) is 0 Å². The number of fused-ring (bicyclic) bond motifs is 1. The third kappa shape index (κ3) is 5.63. The second-order valence-corrected chi connectivity index (χ2v) is 12.2. The van der Waals surface area contributed by atoms with E-state index in [-0.39, 0.29) is 49.1 Å². The van der Waals surface area contributed by atoms with E-state index >= 15 is 0 Å². The highest BCUT2D eigenvalue weighted by atomic mass is 19.4. The first kappa shape index (κ1) is 30.0. The summed E-state index contributed by atoms with van der Waals surface area (Å²) in [7, 11) is 1.74. The van der Waals surface area contributed by atoms with Crippen molar-refractivity contribution < 1.29 is 23.1 Å². The van der Waals surface area contributed by atoms with Gasteiger partial charge in [-0.2, -0.15) is 18.3 Å². The molecule has 0 spiro atoms. The Morgan fingerprint density at radius 2 is 1.68 bits per heavy atom. The third-order valence-corrected chi connectivity index (χ3v) is 9.28. The van der Waals surface area contributed by atoms with Crippen LogP contribution < -0.4 is 11.3 Å². The molecule has 2 aromatic carbocycles. The molecule has 1 unspecified atom stereocenters. The summed E-state index contributed by atoms with van der Waals surface area (Å²) in [6.07, 6.45) is -0.658. The average Bonchev–Trinajstić information content (AvgIpc) is 3.32. The van der Waals surface area contributed by atoms with Gasteiger partial charge in [-0.15, -0.1) is 0 Å². The summed E-state index contributed by atoms with van der Waals surface area (Å²) in [4.78, 5) is 32.2. The summed E-state index contributed by atoms with van der Waals surface area (Å²) in [6.45, 7) is 0.0745. The molecule has 12 heteroatoms. The number of rotatable bonds is 7. The Morgan fingerprint density at radius 3 is 2.27 bits per heavy atom. The Balaban J connectivity index is 1.15. The average molecular weight is 609 g/mol. The number of hydrogen-bond donors (Lipinski definition) is 2. The van der Waals surface area contributed by atoms with Crippen LogP contribution in [-0.4, -0.2) is 60.1 Å². The van der Waals surface area contributed by atoms with Crippen molar-refractivity contribution >= 4 is 16.9 Å². The molecule has 3 N–H and O–H groups in total. The number of nitrogens with two attached hydrogens (primary N) is 1. The standard InChI is InChI=1S/C32H35F3N6O3/c1-39-28(22-8-10-23(11-9-22)31(36)12-5-13-31)26-27(38-39)29(43)41(20-37-26)19-30(44)14-16-40(17-15-30)25(42)18-24(32(33,34)35)21-6-3-2-4-7-21/h2-4,6-11,20,24,44H,5,12-19,36H2,1H3. The molecule has 9 nitrogen and oxygen atoms in total. The fourth-order valence-electron chi connectivity index (χ4n) is 6.40. The number of amides is 1. The van der Waals surface area contributed by atoms with Crippen molar-refractivity contribution in [3.8, 4) is 11.3 Å². The van der Waals surface area contributed by atoms with E-state index < -0.39 is 35.6 Å². The number of hydrogen-bond acceptors (Lipinski definition) is 6. The first-order valence-electron chi connectivity index (χ1n) is 14.8. The number of aliphatic hydroxyl groups is 1. The topological polar surface area (TPSA) is 119 Å². The lowest BCUT2D eigenvalue weighted by Crippen LogP contribution is -2.50. The minimum Gasteiger partial charge on any atom is -0.388 e. The van der Waals surface area contributed by atoms with Gasteiger partial charge < -0.3 is 15.7 Å². The number of aromatic nitrogens is 4. The van der Waals surface area contributed by atoms with E-state index in [1.54, 1.807) is 17.8 Å². The van der Waals surface area contributed by atoms with Crippen molar-refractivity contribution in [1.82, 2.24) is 24.2 Å². The summed E-state index contributed by atoms with van der Waals surface area (Å²) >= 11 is 0. The maximum absolute atomic E-state index is 13.8. The Bertz CT molecular complexity index is 1720. The smallest absolute Gasteiger partial charge is 0.388 e. The van der Waals surface area contributed by atoms with Crippen LogP contribution >= 0.6 is 0 Å². The molecule has 2 aliphatic rings. The van der Waals surface area contributed by atoms with Gasteiger partial charge in [0, 0.05) is 37.7 Å². The number of halogens is 3. The van der Waals surface area contributed by atoms with Crippen LogP contribution in [0.3, 0.4) is 0 Å². The molecule has 1 aliphatic heterocycles. The minimum absolute atomic E-state index is 0.0384. The minimum atomic E-state index is -4.57. The zero-order chi connectivity index (χ0) is 31.3. The molecule has 2 fully saturated rings. The van der Waals surface area contributed by atoms with Crippen LogP contribution in [0.15, 0.2) is 65.7 Å². The first-order chi connectivity index (χ1) is 20.9. The van der Waals surface area contributed by atoms with E-state index in [9.17, 15) is 27.9 Å². The Kier molecular flexibility index (Phi) is 7.61. The maximum Gasteiger partial charge on any atom is 0.396 e. The van der Waals surface area contributed by atoms with E-state index in [4.69, 9.17) is 5.73 Å². The zero-order valence-electron chi connectivity index (χ0n) is 24.4. The first-order valence-corrected chi connectivity index (χ1v) is 14.8. The number of carbonyl (C=O) groups is 1. The SMILES string of the molecule is Cn1nc2c(=O)n(CC3(O)CCN(C(=O)CC(c4ccccc4)C(F)(F)F)CC3)cnc2c1-c1ccc(C2(N)CCC2)cc1. The van der Waals surface area contributed by atoms with Crippen molar-refractivity contribution in [3.05, 3.63) is 82.4 Å². The van der Waals surface area contributed by atoms with Crippen molar-refractivity contribution in [2.45, 2.75) is 68.3 Å². The number of alkyl halides is 3. The number of benzene rings is 2. The van der Waals surface area contributed by atoms with E-state index in [1.807, 2.05) is 24.3 Å². The van der Waals surface area contributed by atoms with Gasteiger partial charge in [-0.25, -0.2) is 4.98 Å². The maximum atomic E-state index is 13.8. The highest BCUT2D eigenvalue weighted by molar-refractivity contribution is 5.89. The molecular formula is C32H35F3N6O3. The van der Waals surface area contributed by atoms with Crippen LogP contribution in [0, 0.1) is 0 Å². The Labute approximate surface area is 252 Å². The lowest BCUT2D eigenvalue weighted by Gasteiger charge is -2.39. The molecule has 1 amide bonds. The van der Waals surface area contributed by atoms with Crippen molar-refractivity contribution in [3.63, 3.8) is 0 Å². The molecule has 1 atom stereocenters. The summed E-state index contributed by atoms with van der Waals surface area (Å²) in [5.74, 6) is -2.53. The number of likely N-dealkylation sites (tertiary alicyclic amines) is 1. The molecule has 4 aromatic rings. The van der Waals surface area contributed by atoms with Crippen LogP contribution in [0.1, 0.15) is 55.6 Å². The van der Waals surface area contributed by atoms with Gasteiger partial charge in [0.1, 0.15) is 5.52 Å². The highest BCUT2D eigenvalue weighted by Crippen LogP contribution is 2.40. The van der Waals surface area contributed by atoms with E-state index in [2.05, 4.69) is 10.1 Å². The van der Waals surface area contributed by atoms with Gasteiger partial charge in [0.2, 0.25) is 5.91 Å². The molecule has 0 radical (unpaired) electrons. The Hall–Kier alpha value is -4.03. The fraction of sp³-hybridized carbons (Fsp3) is 0.438. The van der Waals surface area contributed by atoms with E-state index in [1.165, 1.54) is 40.1 Å². The summed E-state index contributed by atoms with van der Waals surface area (Å²) < 4.78 is 44.3. The fourth-order valence-corrected chi connectivity index (χ4v) is 6.40. The summed E-state index contributed by atoms with van der Waals surface area (Å²) in [5.41, 5.74) is 7.69. The van der Waals surface area contributed by atoms with Crippen molar-refractivity contribution in [2.75, 3.05) is 13.1 Å². The predicted octanol–water partition coefficient (Wildman–Crippen LogP) is 4.22. The summed E-state index contributed by atoms with van der Waals surface area (Å²) in [5, 5.41) is 15.8. The number of nitrogens with zero attached hydrogens (tertiary/aromatic N) is 5. The molecule has 1 saturated heterocycles. The second kappa shape index (κ2) is 11.2. The van der Waals surface area contributed by atoms with Crippen LogP contribution in [0.25, 0.3) is 22.3 Å². The number of aryl methyl sites for hydroxylation is 1. The van der Waals surface area contributed by atoms with Crippen LogP contribution in [0.4, 0.5) is 13.2 Å². The van der Waals surface area contributed by atoms with Gasteiger partial charge in [-0.3, -0.25) is 18.8 Å². The molecule has 6 rings (SSSR count). The molecule has 1 aliphatic carbocycles. The van der Waals surface area contributed by atoms with Gasteiger partial charge in [0.05, 0.1) is 30.1 Å². The lowest BCUT2D eigenvalue weighted by atomic mass is 9.72. The number of carbonyl (C=O) groups excluding carboxylic acids is 1. The highest BCUT2D eigenvalue weighted by Gasteiger charge is 2.43. The quantitative estimate of drug-likeness (QED) is 0.324. The molecule has 1 saturated carbocycles. The van der Waals surface area contributed by atoms with Gasteiger partial charge in [0.25, 0.3) is 5.56 Å². The lowest BCUT2D eigenvalue weighted by molar-refractivity contribution is -0.162. The Morgan fingerprint density at radius 1 is 1.02 bits per heavy atom. The molecule has 3 heterocycles. The van der Waals surface area contributed by atoms with Crippen molar-refractivity contribution in [1.29, 1.82) is 0 Å². The van der Waals surface area contributed by atoms with E-state index in [0.717, 1.165) is 30.4 Å². The van der Waals surface area contributed by atoms with Crippen LogP contribution in [0.2, 0.25) is 0 Å². The third-order valence-electron chi connectivity index (χ3n) is 9.28. The molecule has 232 valence electrons. The largest absolute Gasteiger partial charge is 0.396 e. The molecule has 2 aromatic heterocycles. The molecular weight excluding hydrogens is 573 g/mol. The molecule has 0 bridgehead atoms. The monoisotopic (exact) mass is 608 g/mol. The molecule has 44 heavy (non-hydrogen) atoms. The van der Waals surface area contributed by atoms with Gasteiger partial charge in [-0.05, 0) is 43.2 Å². The zero-order valence-corrected chi connectivity index (χ0v) is 24.4. The second-order valence-electron chi connectivity index (χ2n) is 12.2. The van der Waals surface area contributed by atoms with Gasteiger partial charge in [-0.1, -0.05) is 54.6 Å². The number of piperidine rings is 1. The predicted molar refractivity (Wildman–Crippen MR) is 159 cm³/mol. The summed E-state index contributed by atoms with van der Waals surface area (Å²) in [6, 6.07) is 15.3. The van der Waals surface area contributed by atoms with Crippen LogP contribution in [-0.2, 0) is 23.9 Å². The van der Waals surface area contributed by atoms with Gasteiger partial charge in [0.15, 0.2) is 5.52 Å². The van der Waals surface area contributed by atoms with E-state index in [0.29, 0.717) is 11.2 Å². The normalized spacial score (nSPS) is 18.6. The van der Waals surface area contributed by atoms with Gasteiger partial charge >= 0.3 is 6.18 Å².